The second kappa shape index (κ2) is 8.25. The predicted molar refractivity (Wildman–Crippen MR) is 98.8 cm³/mol. The number of hydrogen-bond acceptors (Lipinski definition) is 3. The first-order valence-corrected chi connectivity index (χ1v) is 8.13. The summed E-state index contributed by atoms with van der Waals surface area (Å²) in [5, 5.41) is 10.2. The lowest BCUT2D eigenvalue weighted by Gasteiger charge is -2.15. The Morgan fingerprint density at radius 3 is 2.60 bits per heavy atom. The standard InChI is InChI=1S/C19H24N4O2/c1-6-11-25-17-9-7-16(8-10-17)21-19(24)20-13(2)12-18-14(3)22-23(5)15(18)4/h1,7-10,13H,11-12H2,2-5H3,(H2,20,21,24). The summed E-state index contributed by atoms with van der Waals surface area (Å²) in [7, 11) is 1.92. The number of anilines is 1. The molecule has 0 radical (unpaired) electrons. The van der Waals surface area contributed by atoms with Gasteiger partial charge in [0.15, 0.2) is 0 Å². The molecular formula is C19H24N4O2. The van der Waals surface area contributed by atoms with Crippen molar-refractivity contribution in [1.82, 2.24) is 15.1 Å². The maximum Gasteiger partial charge on any atom is 0.319 e. The summed E-state index contributed by atoms with van der Waals surface area (Å²) < 4.78 is 7.16. The molecule has 2 rings (SSSR count). The highest BCUT2D eigenvalue weighted by Gasteiger charge is 2.14. The van der Waals surface area contributed by atoms with Gasteiger partial charge in [0.25, 0.3) is 0 Å². The predicted octanol–water partition coefficient (Wildman–Crippen LogP) is 2.80. The van der Waals surface area contributed by atoms with E-state index in [1.807, 2.05) is 32.5 Å². The van der Waals surface area contributed by atoms with Crippen LogP contribution in [0.25, 0.3) is 0 Å². The number of aryl methyl sites for hydroxylation is 2. The van der Waals surface area contributed by atoms with Crippen LogP contribution in [0.4, 0.5) is 10.5 Å². The van der Waals surface area contributed by atoms with Gasteiger partial charge in [-0.25, -0.2) is 4.79 Å². The maximum absolute atomic E-state index is 12.1. The van der Waals surface area contributed by atoms with Gasteiger partial charge in [0.2, 0.25) is 0 Å². The van der Waals surface area contributed by atoms with Gasteiger partial charge in [-0.2, -0.15) is 5.10 Å². The van der Waals surface area contributed by atoms with Crippen molar-refractivity contribution < 1.29 is 9.53 Å². The van der Waals surface area contributed by atoms with E-state index in [0.717, 1.165) is 17.8 Å². The van der Waals surface area contributed by atoms with Crippen molar-refractivity contribution in [3.05, 3.63) is 41.2 Å². The second-order valence-corrected chi connectivity index (χ2v) is 5.99. The molecule has 132 valence electrons. The molecule has 1 aromatic heterocycles. The molecule has 0 aliphatic heterocycles. The Balaban J connectivity index is 1.88. The van der Waals surface area contributed by atoms with Crippen LogP contribution in [0.5, 0.6) is 5.75 Å². The van der Waals surface area contributed by atoms with E-state index in [2.05, 4.69) is 21.7 Å². The number of benzene rings is 1. The van der Waals surface area contributed by atoms with Gasteiger partial charge in [-0.05, 0) is 57.0 Å². The van der Waals surface area contributed by atoms with Crippen LogP contribution in [0.1, 0.15) is 23.9 Å². The van der Waals surface area contributed by atoms with Gasteiger partial charge in [-0.3, -0.25) is 4.68 Å². The molecular weight excluding hydrogens is 316 g/mol. The van der Waals surface area contributed by atoms with Crippen LogP contribution >= 0.6 is 0 Å². The number of ether oxygens (including phenoxy) is 1. The molecule has 1 unspecified atom stereocenters. The molecule has 0 fully saturated rings. The Hall–Kier alpha value is -2.94. The Bertz CT molecular complexity index is 772. The van der Waals surface area contributed by atoms with E-state index >= 15 is 0 Å². The van der Waals surface area contributed by atoms with Gasteiger partial charge in [-0.15, -0.1) is 6.42 Å². The van der Waals surface area contributed by atoms with Crippen LogP contribution in [0.3, 0.4) is 0 Å². The minimum atomic E-state index is -0.246. The number of nitrogens with one attached hydrogen (secondary N) is 2. The summed E-state index contributed by atoms with van der Waals surface area (Å²) in [6.45, 7) is 6.21. The molecule has 2 N–H and O–H groups in total. The van der Waals surface area contributed by atoms with Crippen LogP contribution in [0.15, 0.2) is 24.3 Å². The van der Waals surface area contributed by atoms with Gasteiger partial charge < -0.3 is 15.4 Å². The van der Waals surface area contributed by atoms with E-state index in [-0.39, 0.29) is 18.7 Å². The van der Waals surface area contributed by atoms with Gasteiger partial charge >= 0.3 is 6.03 Å². The van der Waals surface area contributed by atoms with E-state index in [1.165, 1.54) is 5.56 Å². The zero-order valence-electron chi connectivity index (χ0n) is 15.1. The van der Waals surface area contributed by atoms with E-state index in [4.69, 9.17) is 11.2 Å². The van der Waals surface area contributed by atoms with Crippen molar-refractivity contribution in [2.24, 2.45) is 7.05 Å². The third kappa shape index (κ3) is 5.01. The molecule has 0 saturated heterocycles. The topological polar surface area (TPSA) is 68.2 Å². The van der Waals surface area contributed by atoms with E-state index in [0.29, 0.717) is 11.4 Å². The van der Waals surface area contributed by atoms with Gasteiger partial charge in [0.05, 0.1) is 5.69 Å². The van der Waals surface area contributed by atoms with Gasteiger partial charge in [0.1, 0.15) is 12.4 Å². The average Bonchev–Trinajstić information content (AvgIpc) is 2.80. The van der Waals surface area contributed by atoms with Crippen molar-refractivity contribution in [3.8, 4) is 18.1 Å². The molecule has 1 aromatic carbocycles. The molecule has 0 bridgehead atoms. The molecule has 6 heteroatoms. The lowest BCUT2D eigenvalue weighted by atomic mass is 10.1. The summed E-state index contributed by atoms with van der Waals surface area (Å²) in [6.07, 6.45) is 5.88. The molecule has 25 heavy (non-hydrogen) atoms. The van der Waals surface area contributed by atoms with Crippen molar-refractivity contribution in [2.75, 3.05) is 11.9 Å². The minimum Gasteiger partial charge on any atom is -0.481 e. The Labute approximate surface area is 148 Å². The molecule has 0 spiro atoms. The molecule has 0 saturated carbocycles. The SMILES string of the molecule is C#CCOc1ccc(NC(=O)NC(C)Cc2c(C)nn(C)c2C)cc1. The molecule has 1 atom stereocenters. The van der Waals surface area contributed by atoms with Crippen LogP contribution in [0, 0.1) is 26.2 Å². The fraction of sp³-hybridized carbons (Fsp3) is 0.368. The fourth-order valence-corrected chi connectivity index (χ4v) is 2.62. The summed E-state index contributed by atoms with van der Waals surface area (Å²) in [4.78, 5) is 12.1. The lowest BCUT2D eigenvalue weighted by molar-refractivity contribution is 0.249. The Kier molecular flexibility index (Phi) is 6.07. The normalized spacial score (nSPS) is 11.5. The third-order valence-corrected chi connectivity index (χ3v) is 3.98. The van der Waals surface area contributed by atoms with Crippen molar-refractivity contribution in [1.29, 1.82) is 0 Å². The second-order valence-electron chi connectivity index (χ2n) is 5.99. The zero-order chi connectivity index (χ0) is 18.4. The number of hydrogen-bond donors (Lipinski definition) is 2. The third-order valence-electron chi connectivity index (χ3n) is 3.98. The number of aromatic nitrogens is 2. The van der Waals surface area contributed by atoms with Crippen LogP contribution in [0.2, 0.25) is 0 Å². The molecule has 0 aliphatic rings. The monoisotopic (exact) mass is 340 g/mol. The lowest BCUT2D eigenvalue weighted by Crippen LogP contribution is -2.37. The number of carbonyl (C=O) groups is 1. The largest absolute Gasteiger partial charge is 0.481 e. The maximum atomic E-state index is 12.1. The number of urea groups is 1. The zero-order valence-corrected chi connectivity index (χ0v) is 15.1. The van der Waals surface area contributed by atoms with Crippen LogP contribution in [-0.2, 0) is 13.5 Å². The smallest absolute Gasteiger partial charge is 0.319 e. The molecule has 1 heterocycles. The average molecular weight is 340 g/mol. The summed E-state index contributed by atoms with van der Waals surface area (Å²) in [5.74, 6) is 3.07. The summed E-state index contributed by atoms with van der Waals surface area (Å²) >= 11 is 0. The number of rotatable bonds is 6. The molecule has 2 amide bonds. The van der Waals surface area contributed by atoms with Crippen LogP contribution < -0.4 is 15.4 Å². The number of nitrogens with zero attached hydrogens (tertiary/aromatic N) is 2. The highest BCUT2D eigenvalue weighted by molar-refractivity contribution is 5.89. The molecule has 0 aliphatic carbocycles. The minimum absolute atomic E-state index is 0.0140. The molecule has 6 nitrogen and oxygen atoms in total. The first kappa shape index (κ1) is 18.4. The number of amides is 2. The van der Waals surface area contributed by atoms with Crippen molar-refractivity contribution in [3.63, 3.8) is 0 Å². The van der Waals surface area contributed by atoms with Gasteiger partial charge in [0, 0.05) is 24.5 Å². The summed E-state index contributed by atoms with van der Waals surface area (Å²) in [6, 6.07) is 6.80. The summed E-state index contributed by atoms with van der Waals surface area (Å²) in [5.41, 5.74) is 3.97. The van der Waals surface area contributed by atoms with E-state index in [1.54, 1.807) is 24.3 Å². The van der Waals surface area contributed by atoms with E-state index in [9.17, 15) is 4.79 Å². The Morgan fingerprint density at radius 1 is 1.36 bits per heavy atom. The van der Waals surface area contributed by atoms with E-state index < -0.39 is 0 Å². The van der Waals surface area contributed by atoms with Gasteiger partial charge in [-0.1, -0.05) is 5.92 Å². The van der Waals surface area contributed by atoms with Crippen molar-refractivity contribution >= 4 is 11.7 Å². The first-order chi connectivity index (χ1) is 11.9. The molecule has 2 aromatic rings. The number of terminal acetylenes is 1. The van der Waals surface area contributed by atoms with Crippen LogP contribution in [-0.4, -0.2) is 28.5 Å². The highest BCUT2D eigenvalue weighted by atomic mass is 16.5. The Morgan fingerprint density at radius 2 is 2.04 bits per heavy atom. The quantitative estimate of drug-likeness (QED) is 0.795. The number of carbonyl (C=O) groups excluding carboxylic acids is 1. The highest BCUT2D eigenvalue weighted by Crippen LogP contribution is 2.16. The van der Waals surface area contributed by atoms with Crippen molar-refractivity contribution in [2.45, 2.75) is 33.2 Å². The first-order valence-electron chi connectivity index (χ1n) is 8.13. The fourth-order valence-electron chi connectivity index (χ4n) is 2.62.